The largest absolute Gasteiger partial charge is 0.495 e. The lowest BCUT2D eigenvalue weighted by Crippen LogP contribution is -2.48. The van der Waals surface area contributed by atoms with E-state index in [2.05, 4.69) is 0 Å². The molecule has 0 aliphatic heterocycles. The molecule has 0 aliphatic rings. The Morgan fingerprint density at radius 3 is 2.65 bits per heavy atom. The number of nitrogens with zero attached hydrogens (tertiary/aromatic N) is 2. The number of rotatable bonds is 10. The molecule has 144 valence electrons. The number of unbranched alkanes of at least 4 members (excludes halogenated alkanes) is 2. The summed E-state index contributed by atoms with van der Waals surface area (Å²) in [6, 6.07) is 4.27. The Kier molecular flexibility index (Phi) is 9.04. The number of hydrazine groups is 1. The molecular weight excluding hydrogens is 362 g/mol. The van der Waals surface area contributed by atoms with Gasteiger partial charge in [-0.2, -0.15) is 0 Å². The van der Waals surface area contributed by atoms with E-state index in [-0.39, 0.29) is 24.3 Å². The van der Waals surface area contributed by atoms with Gasteiger partial charge in [0.2, 0.25) is 12.3 Å². The average molecular weight is 386 g/mol. The second kappa shape index (κ2) is 10.7. The Bertz CT molecular complexity index is 641. The van der Waals surface area contributed by atoms with Crippen molar-refractivity contribution in [2.45, 2.75) is 32.6 Å². The van der Waals surface area contributed by atoms with Gasteiger partial charge >= 0.3 is 0 Å². The summed E-state index contributed by atoms with van der Waals surface area (Å²) in [6.45, 7) is 1.77. The first-order valence-corrected chi connectivity index (χ1v) is 8.60. The van der Waals surface area contributed by atoms with Crippen LogP contribution in [-0.2, 0) is 9.59 Å². The Labute approximate surface area is 157 Å². The van der Waals surface area contributed by atoms with E-state index in [9.17, 15) is 19.6 Å². The number of benzene rings is 1. The molecule has 0 heterocycles. The zero-order valence-corrected chi connectivity index (χ0v) is 15.6. The summed E-state index contributed by atoms with van der Waals surface area (Å²) >= 11 is 5.92. The van der Waals surface area contributed by atoms with Crippen LogP contribution in [0.4, 0.5) is 0 Å². The van der Waals surface area contributed by atoms with Gasteiger partial charge in [0.1, 0.15) is 5.75 Å². The normalized spacial score (nSPS) is 11.6. The van der Waals surface area contributed by atoms with E-state index in [4.69, 9.17) is 22.2 Å². The third kappa shape index (κ3) is 5.98. The van der Waals surface area contributed by atoms with Crippen molar-refractivity contribution in [3.05, 3.63) is 28.8 Å². The van der Waals surface area contributed by atoms with Crippen molar-refractivity contribution in [1.29, 1.82) is 0 Å². The second-order valence-corrected chi connectivity index (χ2v) is 6.19. The molecule has 0 aromatic heterocycles. The summed E-state index contributed by atoms with van der Waals surface area (Å²) in [5.74, 6) is 3.79. The summed E-state index contributed by atoms with van der Waals surface area (Å²) in [4.78, 5) is 35.7. The van der Waals surface area contributed by atoms with Gasteiger partial charge in [-0.25, -0.2) is 15.9 Å². The lowest BCUT2D eigenvalue weighted by atomic mass is 9.99. The molecule has 1 atom stereocenters. The highest BCUT2D eigenvalue weighted by molar-refractivity contribution is 6.32. The molecule has 0 aliphatic carbocycles. The molecule has 3 N–H and O–H groups in total. The quantitative estimate of drug-likeness (QED) is 0.159. The molecule has 0 bridgehead atoms. The smallest absolute Gasteiger partial charge is 0.275 e. The van der Waals surface area contributed by atoms with Gasteiger partial charge in [0.25, 0.3) is 5.91 Å². The van der Waals surface area contributed by atoms with Crippen LogP contribution in [0.1, 0.15) is 43.0 Å². The average Bonchev–Trinajstić information content (AvgIpc) is 2.65. The Morgan fingerprint density at radius 1 is 1.38 bits per heavy atom. The molecule has 0 saturated carbocycles. The van der Waals surface area contributed by atoms with E-state index in [1.165, 1.54) is 25.3 Å². The second-order valence-electron chi connectivity index (χ2n) is 5.78. The van der Waals surface area contributed by atoms with E-state index < -0.39 is 17.7 Å². The number of methoxy groups -OCH3 is 1. The van der Waals surface area contributed by atoms with Crippen LogP contribution >= 0.6 is 11.6 Å². The zero-order valence-electron chi connectivity index (χ0n) is 14.9. The predicted molar refractivity (Wildman–Crippen MR) is 95.6 cm³/mol. The van der Waals surface area contributed by atoms with Crippen LogP contribution in [0.2, 0.25) is 5.02 Å². The van der Waals surface area contributed by atoms with Crippen LogP contribution < -0.4 is 10.6 Å². The van der Waals surface area contributed by atoms with Crippen molar-refractivity contribution < 1.29 is 24.3 Å². The van der Waals surface area contributed by atoms with Gasteiger partial charge in [-0.3, -0.25) is 19.6 Å². The van der Waals surface area contributed by atoms with Gasteiger partial charge in [-0.15, -0.1) is 0 Å². The first-order chi connectivity index (χ1) is 12.3. The van der Waals surface area contributed by atoms with Gasteiger partial charge in [0.15, 0.2) is 0 Å². The van der Waals surface area contributed by atoms with E-state index >= 15 is 0 Å². The van der Waals surface area contributed by atoms with Crippen LogP contribution in [0.5, 0.6) is 5.75 Å². The minimum atomic E-state index is -0.792. The number of hydroxylamine groups is 2. The highest BCUT2D eigenvalue weighted by Gasteiger charge is 2.29. The van der Waals surface area contributed by atoms with Crippen molar-refractivity contribution in [1.82, 2.24) is 10.1 Å². The first-order valence-electron chi connectivity index (χ1n) is 8.23. The van der Waals surface area contributed by atoms with E-state index in [1.54, 1.807) is 0 Å². The topological polar surface area (TPSA) is 113 Å². The monoisotopic (exact) mass is 385 g/mol. The molecule has 3 amide bonds. The Hall–Kier alpha value is -2.16. The Balaban J connectivity index is 2.94. The SMILES string of the molecule is CCCCC[C@H](CN(O)C=O)C(=O)N(N)C(=O)c1ccc(Cl)c(OC)c1. The molecule has 0 radical (unpaired) electrons. The minimum absolute atomic E-state index is 0.130. The number of hydrogen-bond donors (Lipinski definition) is 2. The number of hydrogen-bond acceptors (Lipinski definition) is 6. The van der Waals surface area contributed by atoms with Crippen LogP contribution in [0.25, 0.3) is 0 Å². The van der Waals surface area contributed by atoms with Crippen molar-refractivity contribution in [2.75, 3.05) is 13.7 Å². The van der Waals surface area contributed by atoms with Crippen molar-refractivity contribution in [2.24, 2.45) is 11.8 Å². The lowest BCUT2D eigenvalue weighted by molar-refractivity contribution is -0.156. The minimum Gasteiger partial charge on any atom is -0.495 e. The third-order valence-corrected chi connectivity index (χ3v) is 4.20. The van der Waals surface area contributed by atoms with Crippen LogP contribution in [0, 0.1) is 5.92 Å². The fourth-order valence-electron chi connectivity index (χ4n) is 2.43. The molecule has 0 fully saturated rings. The molecule has 0 saturated heterocycles. The maximum absolute atomic E-state index is 12.6. The lowest BCUT2D eigenvalue weighted by Gasteiger charge is -2.23. The van der Waals surface area contributed by atoms with Gasteiger partial charge in [-0.1, -0.05) is 37.8 Å². The predicted octanol–water partition coefficient (Wildman–Crippen LogP) is 2.24. The van der Waals surface area contributed by atoms with Crippen LogP contribution in [0.3, 0.4) is 0 Å². The van der Waals surface area contributed by atoms with Gasteiger partial charge in [0.05, 0.1) is 24.6 Å². The molecular formula is C17H24ClN3O5. The summed E-state index contributed by atoms with van der Waals surface area (Å²) in [6.07, 6.45) is 3.11. The number of ether oxygens (including phenoxy) is 1. The van der Waals surface area contributed by atoms with Crippen molar-refractivity contribution in [3.8, 4) is 5.75 Å². The number of imide groups is 1. The van der Waals surface area contributed by atoms with E-state index in [0.717, 1.165) is 12.8 Å². The molecule has 26 heavy (non-hydrogen) atoms. The number of halogens is 1. The number of nitrogens with two attached hydrogens (primary N) is 1. The maximum atomic E-state index is 12.6. The molecule has 0 spiro atoms. The maximum Gasteiger partial charge on any atom is 0.275 e. The molecule has 9 heteroatoms. The molecule has 1 rings (SSSR count). The van der Waals surface area contributed by atoms with E-state index in [1.807, 2.05) is 6.92 Å². The van der Waals surface area contributed by atoms with E-state index in [0.29, 0.717) is 27.9 Å². The molecule has 1 aromatic rings. The summed E-state index contributed by atoms with van der Waals surface area (Å²) in [5.41, 5.74) is 0.130. The number of amides is 3. The summed E-state index contributed by atoms with van der Waals surface area (Å²) in [7, 11) is 1.40. The fraction of sp³-hybridized carbons (Fsp3) is 0.471. The van der Waals surface area contributed by atoms with Gasteiger partial charge < -0.3 is 4.74 Å². The molecule has 0 unspecified atom stereocenters. The fourth-order valence-corrected chi connectivity index (χ4v) is 2.63. The standard InChI is InChI=1S/C17H24ClN3O5/c1-3-4-5-6-13(10-20(25)11-22)17(24)21(19)16(23)12-7-8-14(18)15(9-12)26-2/h7-9,11,13,25H,3-6,10,19H2,1-2H3/t13-/m1/s1. The zero-order chi connectivity index (χ0) is 19.7. The number of carbonyl (C=O) groups is 3. The van der Waals surface area contributed by atoms with Crippen LogP contribution in [-0.4, -0.2) is 47.2 Å². The highest BCUT2D eigenvalue weighted by atomic mass is 35.5. The Morgan fingerprint density at radius 2 is 2.08 bits per heavy atom. The van der Waals surface area contributed by atoms with Crippen LogP contribution in [0.15, 0.2) is 18.2 Å². The first kappa shape index (κ1) is 21.9. The number of carbonyl (C=O) groups excluding carboxylic acids is 3. The third-order valence-electron chi connectivity index (χ3n) is 3.89. The van der Waals surface area contributed by atoms with Gasteiger partial charge in [0, 0.05) is 5.56 Å². The molecule has 8 nitrogen and oxygen atoms in total. The summed E-state index contributed by atoms with van der Waals surface area (Å²) in [5, 5.41) is 10.6. The molecule has 1 aromatic carbocycles. The van der Waals surface area contributed by atoms with Crippen molar-refractivity contribution in [3.63, 3.8) is 0 Å². The van der Waals surface area contributed by atoms with Crippen molar-refractivity contribution >= 4 is 29.8 Å². The van der Waals surface area contributed by atoms with Gasteiger partial charge in [-0.05, 0) is 24.6 Å². The summed E-state index contributed by atoms with van der Waals surface area (Å²) < 4.78 is 5.05. The highest BCUT2D eigenvalue weighted by Crippen LogP contribution is 2.25.